The van der Waals surface area contributed by atoms with E-state index in [1.165, 1.54) is 0 Å². The van der Waals surface area contributed by atoms with Gasteiger partial charge in [0.2, 0.25) is 0 Å². The Hall–Kier alpha value is -3.62. The average Bonchev–Trinajstić information content (AvgIpc) is 3.33. The summed E-state index contributed by atoms with van der Waals surface area (Å²) in [6.07, 6.45) is 8.44. The van der Waals surface area contributed by atoms with Crippen LogP contribution in [0.4, 0.5) is 21.9 Å². The summed E-state index contributed by atoms with van der Waals surface area (Å²) in [5, 5.41) is 14.7. The van der Waals surface area contributed by atoms with Crippen LogP contribution in [0.25, 0.3) is 16.8 Å². The number of aromatic nitrogens is 3. The second-order valence-corrected chi connectivity index (χ2v) is 9.95. The van der Waals surface area contributed by atoms with Crippen LogP contribution in [0.5, 0.6) is 0 Å². The molecule has 0 aliphatic carbocycles. The number of benzene rings is 2. The van der Waals surface area contributed by atoms with Crippen LogP contribution >= 0.6 is 11.6 Å². The molecule has 0 bridgehead atoms. The number of hydrogen-bond donors (Lipinski definition) is 3. The fraction of sp³-hybridized carbons (Fsp3) is 0.321. The fourth-order valence-electron chi connectivity index (χ4n) is 4.72. The lowest BCUT2D eigenvalue weighted by atomic mass is 10.0. The smallest absolute Gasteiger partial charge is 0.323 e. The summed E-state index contributed by atoms with van der Waals surface area (Å²) in [5.74, 6) is 0. The van der Waals surface area contributed by atoms with E-state index in [2.05, 4.69) is 50.8 Å². The summed E-state index contributed by atoms with van der Waals surface area (Å²) in [4.78, 5) is 19.8. The van der Waals surface area contributed by atoms with Crippen LogP contribution < -0.4 is 20.9 Å². The van der Waals surface area contributed by atoms with E-state index in [-0.39, 0.29) is 6.03 Å². The third-order valence-electron chi connectivity index (χ3n) is 6.89. The van der Waals surface area contributed by atoms with Crippen molar-refractivity contribution in [3.05, 3.63) is 72.1 Å². The molecule has 5 rings (SSSR count). The van der Waals surface area contributed by atoms with Crippen molar-refractivity contribution in [1.82, 2.24) is 19.9 Å². The van der Waals surface area contributed by atoms with E-state index in [1.807, 2.05) is 42.5 Å². The summed E-state index contributed by atoms with van der Waals surface area (Å²) >= 11 is 6.01. The Morgan fingerprint density at radius 2 is 1.84 bits per heavy atom. The Morgan fingerprint density at radius 1 is 1.08 bits per heavy atom. The number of carbonyl (C=O) groups is 1. The lowest BCUT2D eigenvalue weighted by molar-refractivity contribution is 0.262. The predicted octanol–water partition coefficient (Wildman–Crippen LogP) is 6.05. The molecule has 3 heterocycles. The van der Waals surface area contributed by atoms with Crippen molar-refractivity contribution in [3.63, 3.8) is 0 Å². The second-order valence-electron chi connectivity index (χ2n) is 9.51. The zero-order valence-corrected chi connectivity index (χ0v) is 21.9. The highest BCUT2D eigenvalue weighted by Crippen LogP contribution is 2.29. The van der Waals surface area contributed by atoms with Gasteiger partial charge in [-0.15, -0.1) is 0 Å². The predicted molar refractivity (Wildman–Crippen MR) is 151 cm³/mol. The maximum Gasteiger partial charge on any atom is 0.323 e. The first-order valence-electron chi connectivity index (χ1n) is 12.8. The molecular formula is C28H32ClN7O. The molecule has 0 saturated carbocycles. The molecule has 1 saturated heterocycles. The Labute approximate surface area is 222 Å². The molecule has 1 atom stereocenters. The van der Waals surface area contributed by atoms with Gasteiger partial charge in [0.25, 0.3) is 0 Å². The minimum absolute atomic E-state index is 0.327. The average molecular weight is 518 g/mol. The molecule has 0 radical (unpaired) electrons. The number of nitrogens with zero attached hydrogens (tertiary/aromatic N) is 4. The Morgan fingerprint density at radius 3 is 2.59 bits per heavy atom. The molecule has 37 heavy (non-hydrogen) atoms. The Kier molecular flexibility index (Phi) is 7.58. The van der Waals surface area contributed by atoms with Gasteiger partial charge in [-0.2, -0.15) is 5.10 Å². The van der Waals surface area contributed by atoms with Gasteiger partial charge in [-0.25, -0.2) is 14.3 Å². The van der Waals surface area contributed by atoms with Gasteiger partial charge in [-0.05, 0) is 56.0 Å². The van der Waals surface area contributed by atoms with Crippen LogP contribution in [0.15, 0.2) is 67.1 Å². The van der Waals surface area contributed by atoms with E-state index in [0.29, 0.717) is 28.4 Å². The number of nitrogens with one attached hydrogen (secondary N) is 3. The number of amides is 2. The molecule has 0 spiro atoms. The topological polar surface area (TPSA) is 86.6 Å². The quantitative estimate of drug-likeness (QED) is 0.278. The minimum Gasteiger partial charge on any atom is -0.370 e. The molecule has 1 unspecified atom stereocenters. The summed E-state index contributed by atoms with van der Waals surface area (Å²) in [7, 11) is 0. The summed E-state index contributed by atoms with van der Waals surface area (Å²) in [6.45, 7) is 6.35. The fourth-order valence-corrected chi connectivity index (χ4v) is 4.85. The zero-order valence-electron chi connectivity index (χ0n) is 21.1. The number of piperidine rings is 1. The molecule has 192 valence electrons. The van der Waals surface area contributed by atoms with Gasteiger partial charge in [-0.3, -0.25) is 0 Å². The third kappa shape index (κ3) is 5.87. The van der Waals surface area contributed by atoms with Crippen molar-refractivity contribution in [1.29, 1.82) is 0 Å². The number of anilines is 3. The minimum atomic E-state index is -0.327. The molecule has 2 amide bonds. The third-order valence-corrected chi connectivity index (χ3v) is 7.14. The van der Waals surface area contributed by atoms with Gasteiger partial charge in [-0.1, -0.05) is 42.8 Å². The van der Waals surface area contributed by atoms with E-state index < -0.39 is 0 Å². The lowest BCUT2D eigenvalue weighted by Gasteiger charge is -2.36. The molecule has 4 aromatic rings. The van der Waals surface area contributed by atoms with Crippen molar-refractivity contribution in [2.45, 2.75) is 45.2 Å². The number of halogens is 1. The first-order chi connectivity index (χ1) is 18.0. The van der Waals surface area contributed by atoms with Crippen molar-refractivity contribution >= 4 is 40.3 Å². The van der Waals surface area contributed by atoms with Crippen molar-refractivity contribution < 1.29 is 4.79 Å². The van der Waals surface area contributed by atoms with E-state index in [1.54, 1.807) is 23.1 Å². The van der Waals surface area contributed by atoms with Crippen LogP contribution in [-0.4, -0.2) is 45.8 Å². The van der Waals surface area contributed by atoms with E-state index in [4.69, 9.17) is 11.6 Å². The normalized spacial score (nSPS) is 15.1. The molecule has 9 heteroatoms. The Balaban J connectivity index is 1.24. The van der Waals surface area contributed by atoms with Crippen LogP contribution in [0, 0.1) is 0 Å². The van der Waals surface area contributed by atoms with E-state index in [9.17, 15) is 4.79 Å². The van der Waals surface area contributed by atoms with Gasteiger partial charge in [0, 0.05) is 35.8 Å². The first-order valence-corrected chi connectivity index (χ1v) is 13.2. The lowest BCUT2D eigenvalue weighted by Crippen LogP contribution is -2.45. The molecule has 8 nitrogen and oxygen atoms in total. The Bertz CT molecular complexity index is 1360. The number of hydrogen-bond acceptors (Lipinski definition) is 5. The molecule has 2 aromatic carbocycles. The van der Waals surface area contributed by atoms with E-state index in [0.717, 1.165) is 54.9 Å². The second kappa shape index (κ2) is 11.2. The highest BCUT2D eigenvalue weighted by molar-refractivity contribution is 6.30. The molecular weight excluding hydrogens is 486 g/mol. The number of para-hydroxylation sites is 2. The first kappa shape index (κ1) is 25.0. The summed E-state index contributed by atoms with van der Waals surface area (Å²) in [6, 6.07) is 16.2. The van der Waals surface area contributed by atoms with Gasteiger partial charge >= 0.3 is 6.03 Å². The van der Waals surface area contributed by atoms with Crippen molar-refractivity contribution in [2.75, 3.05) is 28.6 Å². The number of carbonyl (C=O) groups excluding carboxylic acids is 1. The van der Waals surface area contributed by atoms with Crippen LogP contribution in [0.2, 0.25) is 5.02 Å². The van der Waals surface area contributed by atoms with Gasteiger partial charge < -0.3 is 20.9 Å². The molecule has 2 aromatic heterocycles. The van der Waals surface area contributed by atoms with Crippen molar-refractivity contribution in [3.8, 4) is 11.1 Å². The van der Waals surface area contributed by atoms with E-state index >= 15 is 0 Å². The molecule has 1 aliphatic heterocycles. The van der Waals surface area contributed by atoms with Gasteiger partial charge in [0.05, 0.1) is 35.7 Å². The number of urea groups is 1. The largest absolute Gasteiger partial charge is 0.370 e. The van der Waals surface area contributed by atoms with Crippen LogP contribution in [-0.2, 0) is 0 Å². The molecule has 3 N–H and O–H groups in total. The van der Waals surface area contributed by atoms with Crippen LogP contribution in [0.1, 0.15) is 33.1 Å². The highest BCUT2D eigenvalue weighted by atomic mass is 35.5. The molecule has 1 fully saturated rings. The SMILES string of the molecule is CCC(C)NC1CCN(c2ccccc2NC(=O)Nc2cnc3c(-c4ccc(Cl)cc4)cnn3c2)CC1. The number of rotatable bonds is 7. The standard InChI is InChI=1S/C28H32ClN7O/c1-3-19(2)32-22-12-14-35(15-13-22)26-7-5-4-6-25(26)34-28(37)33-23-16-30-27-24(17-31-36(27)18-23)20-8-10-21(29)11-9-20/h4-11,16-19,22,32H,3,12-15H2,1-2H3,(H2,33,34,37). The summed E-state index contributed by atoms with van der Waals surface area (Å²) < 4.78 is 1.66. The monoisotopic (exact) mass is 517 g/mol. The molecule has 1 aliphatic rings. The summed E-state index contributed by atoms with van der Waals surface area (Å²) in [5.41, 5.74) is 4.93. The maximum atomic E-state index is 12.9. The van der Waals surface area contributed by atoms with Gasteiger partial charge in [0.15, 0.2) is 5.65 Å². The van der Waals surface area contributed by atoms with Crippen molar-refractivity contribution in [2.24, 2.45) is 0 Å². The van der Waals surface area contributed by atoms with Crippen LogP contribution in [0.3, 0.4) is 0 Å². The zero-order chi connectivity index (χ0) is 25.8. The maximum absolute atomic E-state index is 12.9. The van der Waals surface area contributed by atoms with Gasteiger partial charge in [0.1, 0.15) is 0 Å². The number of fused-ring (bicyclic) bond motifs is 1. The highest BCUT2D eigenvalue weighted by Gasteiger charge is 2.22.